The number of fused-ring (bicyclic) bond motifs is 2. The molecule has 194 valence electrons. The average molecular weight is 527 g/mol. The van der Waals surface area contributed by atoms with Gasteiger partial charge in [-0.15, -0.1) is 11.3 Å². The van der Waals surface area contributed by atoms with Gasteiger partial charge in [-0.05, 0) is 51.0 Å². The van der Waals surface area contributed by atoms with Gasteiger partial charge in [0.05, 0.1) is 21.9 Å². The average Bonchev–Trinajstić information content (AvgIpc) is 3.52. The van der Waals surface area contributed by atoms with Crippen LogP contribution in [0.4, 0.5) is 20.2 Å². The Morgan fingerprint density at radius 2 is 2.00 bits per heavy atom. The molecule has 0 unspecified atom stereocenters. The molecular formula is C27H28F2N4O3S. The van der Waals surface area contributed by atoms with Crippen molar-refractivity contribution in [3.8, 4) is 10.4 Å². The topological polar surface area (TPSA) is 90.4 Å². The number of pyridine rings is 1. The molecule has 1 aromatic carbocycles. The second-order valence-electron chi connectivity index (χ2n) is 10.0. The first-order valence-electron chi connectivity index (χ1n) is 12.1. The zero-order valence-corrected chi connectivity index (χ0v) is 21.9. The fraction of sp³-hybridized carbons (Fsp3) is 0.333. The van der Waals surface area contributed by atoms with Crippen LogP contribution in [0.5, 0.6) is 0 Å². The van der Waals surface area contributed by atoms with Crippen molar-refractivity contribution < 1.29 is 18.7 Å². The zero-order valence-electron chi connectivity index (χ0n) is 21.0. The summed E-state index contributed by atoms with van der Waals surface area (Å²) in [7, 11) is 1.64. The van der Waals surface area contributed by atoms with E-state index in [2.05, 4.69) is 10.3 Å². The molecule has 1 amide bonds. The number of H-pyrrole nitrogens is 1. The van der Waals surface area contributed by atoms with E-state index in [1.54, 1.807) is 33.2 Å². The summed E-state index contributed by atoms with van der Waals surface area (Å²) in [6, 6.07) is 5.82. The third-order valence-electron chi connectivity index (χ3n) is 6.43. The monoisotopic (exact) mass is 526 g/mol. The van der Waals surface area contributed by atoms with E-state index in [1.165, 1.54) is 22.0 Å². The lowest BCUT2D eigenvalue weighted by Crippen LogP contribution is -2.23. The molecule has 3 aromatic heterocycles. The molecule has 0 aliphatic carbocycles. The van der Waals surface area contributed by atoms with E-state index in [1.807, 2.05) is 17.9 Å². The van der Waals surface area contributed by atoms with Crippen LogP contribution in [0.15, 0.2) is 35.3 Å². The highest BCUT2D eigenvalue weighted by atomic mass is 32.1. The van der Waals surface area contributed by atoms with E-state index in [-0.39, 0.29) is 17.2 Å². The summed E-state index contributed by atoms with van der Waals surface area (Å²) in [6.45, 7) is 6.14. The number of nitrogens with zero attached hydrogens (tertiary/aromatic N) is 2. The summed E-state index contributed by atoms with van der Waals surface area (Å²) in [5, 5.41) is 13.8. The Morgan fingerprint density at radius 3 is 2.70 bits per heavy atom. The Balaban J connectivity index is 1.75. The maximum absolute atomic E-state index is 15.0. The van der Waals surface area contributed by atoms with Crippen molar-refractivity contribution in [1.82, 2.24) is 14.9 Å². The fourth-order valence-electron chi connectivity index (χ4n) is 4.93. The number of rotatable bonds is 6. The SMILES string of the molecule is CCNC(=O)c1cc2c(-c3sc(CC(C)(C)O)cc3N3CCc4cc(F)cc(F)c43)cn(C)c(=O)c2[nH]1. The Morgan fingerprint density at radius 1 is 1.24 bits per heavy atom. The van der Waals surface area contributed by atoms with Gasteiger partial charge in [-0.1, -0.05) is 0 Å². The number of carbonyl (C=O) groups is 1. The molecule has 1 aliphatic rings. The minimum Gasteiger partial charge on any atom is -0.390 e. The van der Waals surface area contributed by atoms with Crippen LogP contribution >= 0.6 is 11.3 Å². The first-order chi connectivity index (χ1) is 17.5. The van der Waals surface area contributed by atoms with Crippen LogP contribution in [0.2, 0.25) is 0 Å². The van der Waals surface area contributed by atoms with Crippen LogP contribution in [0.25, 0.3) is 21.3 Å². The lowest BCUT2D eigenvalue weighted by atomic mass is 10.0. The molecule has 37 heavy (non-hydrogen) atoms. The highest BCUT2D eigenvalue weighted by Crippen LogP contribution is 2.47. The van der Waals surface area contributed by atoms with E-state index >= 15 is 4.39 Å². The fourth-order valence-corrected chi connectivity index (χ4v) is 6.33. The van der Waals surface area contributed by atoms with E-state index in [0.29, 0.717) is 59.3 Å². The van der Waals surface area contributed by atoms with Crippen molar-refractivity contribution in [1.29, 1.82) is 0 Å². The van der Waals surface area contributed by atoms with Gasteiger partial charge in [0.25, 0.3) is 11.5 Å². The summed E-state index contributed by atoms with van der Waals surface area (Å²) in [6.07, 6.45) is 2.55. The van der Waals surface area contributed by atoms with Crippen LogP contribution in [-0.4, -0.2) is 39.3 Å². The molecule has 4 aromatic rings. The normalized spacial score (nSPS) is 13.4. The van der Waals surface area contributed by atoms with Gasteiger partial charge in [0, 0.05) is 54.6 Å². The van der Waals surface area contributed by atoms with E-state index in [4.69, 9.17) is 0 Å². The number of amides is 1. The van der Waals surface area contributed by atoms with Crippen LogP contribution in [0.3, 0.4) is 0 Å². The summed E-state index contributed by atoms with van der Waals surface area (Å²) in [5.41, 5.74) is 1.62. The quantitative estimate of drug-likeness (QED) is 0.342. The number of aromatic amines is 1. The third-order valence-corrected chi connectivity index (χ3v) is 7.59. The van der Waals surface area contributed by atoms with Gasteiger partial charge in [0.1, 0.15) is 22.8 Å². The predicted molar refractivity (Wildman–Crippen MR) is 142 cm³/mol. The molecule has 0 atom stereocenters. The third kappa shape index (κ3) is 4.55. The number of anilines is 2. The van der Waals surface area contributed by atoms with Gasteiger partial charge in [-0.25, -0.2) is 8.78 Å². The van der Waals surface area contributed by atoms with Gasteiger partial charge in [0.2, 0.25) is 0 Å². The standard InChI is InChI=1S/C27H28F2N4O3S/c1-5-30-25(34)20-11-17-18(13-32(4)26(35)22(17)31-20)24-21(10-16(37-24)12-27(2,3)36)33-7-6-14-8-15(28)9-19(29)23(14)33/h8-11,13,31,36H,5-7,12H2,1-4H3,(H,30,34). The summed E-state index contributed by atoms with van der Waals surface area (Å²) in [5.74, 6) is -1.57. The second-order valence-corrected chi connectivity index (χ2v) is 11.1. The highest BCUT2D eigenvalue weighted by molar-refractivity contribution is 7.16. The van der Waals surface area contributed by atoms with Gasteiger partial charge < -0.3 is 24.9 Å². The first-order valence-corrected chi connectivity index (χ1v) is 12.9. The minimum absolute atomic E-state index is 0.268. The van der Waals surface area contributed by atoms with Crippen molar-refractivity contribution >= 4 is 39.5 Å². The Bertz CT molecular complexity index is 1600. The first kappa shape index (κ1) is 25.2. The molecule has 0 saturated heterocycles. The van der Waals surface area contributed by atoms with Crippen molar-refractivity contribution in [3.63, 3.8) is 0 Å². The molecule has 10 heteroatoms. The molecule has 0 fully saturated rings. The second kappa shape index (κ2) is 9.11. The molecule has 4 heterocycles. The predicted octanol–water partition coefficient (Wildman–Crippen LogP) is 4.63. The summed E-state index contributed by atoms with van der Waals surface area (Å²) >= 11 is 1.44. The Labute approximate surface area is 216 Å². The van der Waals surface area contributed by atoms with E-state index < -0.39 is 17.2 Å². The number of aliphatic hydroxyl groups is 1. The number of halogens is 2. The van der Waals surface area contributed by atoms with Gasteiger partial charge in [-0.3, -0.25) is 9.59 Å². The number of aryl methyl sites for hydroxylation is 1. The van der Waals surface area contributed by atoms with Crippen LogP contribution < -0.4 is 15.8 Å². The van der Waals surface area contributed by atoms with E-state index in [0.717, 1.165) is 15.8 Å². The number of hydrogen-bond donors (Lipinski definition) is 3. The van der Waals surface area contributed by atoms with Crippen LogP contribution in [0, 0.1) is 11.6 Å². The zero-order chi connectivity index (χ0) is 26.6. The number of carbonyl (C=O) groups excluding carboxylic acids is 1. The van der Waals surface area contributed by atoms with Crippen LogP contribution in [-0.2, 0) is 19.9 Å². The lowest BCUT2D eigenvalue weighted by molar-refractivity contribution is 0.0818. The lowest BCUT2D eigenvalue weighted by Gasteiger charge is -2.21. The van der Waals surface area contributed by atoms with Gasteiger partial charge >= 0.3 is 0 Å². The summed E-state index contributed by atoms with van der Waals surface area (Å²) in [4.78, 5) is 31.9. The van der Waals surface area contributed by atoms with Gasteiger partial charge in [-0.2, -0.15) is 0 Å². The van der Waals surface area contributed by atoms with E-state index in [9.17, 15) is 19.1 Å². The highest BCUT2D eigenvalue weighted by Gasteiger charge is 2.30. The van der Waals surface area contributed by atoms with Crippen molar-refractivity contribution in [2.75, 3.05) is 18.0 Å². The summed E-state index contributed by atoms with van der Waals surface area (Å²) < 4.78 is 30.4. The molecule has 5 rings (SSSR count). The molecule has 7 nitrogen and oxygen atoms in total. The molecule has 1 aliphatic heterocycles. The van der Waals surface area contributed by atoms with Crippen molar-refractivity contribution in [2.24, 2.45) is 7.05 Å². The number of aromatic nitrogens is 2. The molecule has 0 spiro atoms. The number of hydrogen-bond acceptors (Lipinski definition) is 5. The van der Waals surface area contributed by atoms with Crippen molar-refractivity contribution in [2.45, 2.75) is 39.2 Å². The number of benzene rings is 1. The van der Waals surface area contributed by atoms with Crippen LogP contribution in [0.1, 0.15) is 41.7 Å². The Hall–Kier alpha value is -3.50. The molecule has 3 N–H and O–H groups in total. The largest absolute Gasteiger partial charge is 0.390 e. The molecule has 0 bridgehead atoms. The molecule has 0 radical (unpaired) electrons. The number of nitrogens with one attached hydrogen (secondary N) is 2. The van der Waals surface area contributed by atoms with Gasteiger partial charge in [0.15, 0.2) is 0 Å². The molecular weight excluding hydrogens is 498 g/mol. The number of thiophene rings is 1. The smallest absolute Gasteiger partial charge is 0.274 e. The maximum atomic E-state index is 15.0. The maximum Gasteiger partial charge on any atom is 0.274 e. The minimum atomic E-state index is -0.977. The van der Waals surface area contributed by atoms with Crippen molar-refractivity contribution in [3.05, 3.63) is 68.6 Å². The Kier molecular flexibility index (Phi) is 6.19. The molecule has 0 saturated carbocycles.